The topological polar surface area (TPSA) is 9.23 Å². The maximum atomic E-state index is 5.54. The van der Waals surface area contributed by atoms with Gasteiger partial charge >= 0.3 is 0 Å². The number of aryl methyl sites for hydroxylation is 2. The first kappa shape index (κ1) is 13.7. The molecule has 0 atom stereocenters. The van der Waals surface area contributed by atoms with Crippen molar-refractivity contribution in [2.75, 3.05) is 7.11 Å². The smallest absolute Gasteiger partial charge is 0.125 e. The SMILES string of the molecule is CCc1cc(-c2cc(=S)ss2)cc(CC)c1OC. The summed E-state index contributed by atoms with van der Waals surface area (Å²) in [6.45, 7) is 4.33. The van der Waals surface area contributed by atoms with Gasteiger partial charge in [0.05, 0.1) is 7.11 Å². The normalized spacial score (nSPS) is 10.6. The highest BCUT2D eigenvalue weighted by molar-refractivity contribution is 7.80. The van der Waals surface area contributed by atoms with Crippen LogP contribution in [0.3, 0.4) is 0 Å². The average molecular weight is 296 g/mol. The Morgan fingerprint density at radius 2 is 1.67 bits per heavy atom. The van der Waals surface area contributed by atoms with Crippen molar-refractivity contribution >= 4 is 32.9 Å². The molecule has 1 aromatic heterocycles. The maximum absolute atomic E-state index is 5.54. The van der Waals surface area contributed by atoms with Crippen LogP contribution < -0.4 is 4.74 Å². The lowest BCUT2D eigenvalue weighted by Crippen LogP contribution is -1.97. The van der Waals surface area contributed by atoms with Crippen molar-refractivity contribution in [1.82, 2.24) is 0 Å². The third-order valence-corrected chi connectivity index (χ3v) is 5.87. The summed E-state index contributed by atoms with van der Waals surface area (Å²) in [6.07, 6.45) is 1.97. The van der Waals surface area contributed by atoms with Crippen molar-refractivity contribution < 1.29 is 4.74 Å². The van der Waals surface area contributed by atoms with Crippen molar-refractivity contribution in [2.24, 2.45) is 0 Å². The Morgan fingerprint density at radius 1 is 1.06 bits per heavy atom. The molecule has 96 valence electrons. The third kappa shape index (κ3) is 2.66. The molecule has 1 heterocycles. The minimum atomic E-state index is 0.960. The summed E-state index contributed by atoms with van der Waals surface area (Å²) in [4.78, 5) is 1.26. The Bertz CT molecular complexity index is 570. The predicted molar refractivity (Wildman–Crippen MR) is 83.8 cm³/mol. The molecule has 1 aromatic carbocycles. The Labute approximate surface area is 120 Å². The summed E-state index contributed by atoms with van der Waals surface area (Å²) in [5.74, 6) is 1.04. The molecule has 2 rings (SSSR count). The second-order valence-electron chi connectivity index (χ2n) is 4.03. The molecule has 0 unspecified atom stereocenters. The van der Waals surface area contributed by atoms with Crippen molar-refractivity contribution in [3.63, 3.8) is 0 Å². The molecule has 0 saturated carbocycles. The maximum Gasteiger partial charge on any atom is 0.125 e. The highest BCUT2D eigenvalue weighted by atomic mass is 32.9. The fraction of sp³-hybridized carbons (Fsp3) is 0.357. The standard InChI is InChI=1S/C14H16OS3/c1-4-9-6-11(12-8-13(16)18-17-12)7-10(5-2)14(9)15-3/h6-8H,4-5H2,1-3H3. The van der Waals surface area contributed by atoms with Crippen LogP contribution in [0.1, 0.15) is 25.0 Å². The highest BCUT2D eigenvalue weighted by Gasteiger charge is 2.11. The van der Waals surface area contributed by atoms with Gasteiger partial charge in [-0.15, -0.1) is 0 Å². The van der Waals surface area contributed by atoms with Gasteiger partial charge in [0.2, 0.25) is 0 Å². The second-order valence-corrected chi connectivity index (χ2v) is 6.94. The summed E-state index contributed by atoms with van der Waals surface area (Å²) in [7, 11) is 5.16. The summed E-state index contributed by atoms with van der Waals surface area (Å²) < 4.78 is 6.50. The van der Waals surface area contributed by atoms with Crippen LogP contribution in [0, 0.1) is 3.82 Å². The van der Waals surface area contributed by atoms with Gasteiger partial charge in [0.1, 0.15) is 9.57 Å². The first-order valence-corrected chi connectivity index (χ1v) is 8.55. The summed E-state index contributed by atoms with van der Waals surface area (Å²) in [5, 5.41) is 0. The molecule has 0 aliphatic rings. The van der Waals surface area contributed by atoms with Gasteiger partial charge in [-0.3, -0.25) is 0 Å². The Kier molecular flexibility index (Phi) is 4.54. The van der Waals surface area contributed by atoms with E-state index in [4.69, 9.17) is 17.0 Å². The summed E-state index contributed by atoms with van der Waals surface area (Å²) in [6, 6.07) is 6.54. The first-order valence-electron chi connectivity index (χ1n) is 5.99. The fourth-order valence-electron chi connectivity index (χ4n) is 2.06. The fourth-order valence-corrected chi connectivity index (χ4v) is 4.44. The lowest BCUT2D eigenvalue weighted by Gasteiger charge is -2.13. The van der Waals surface area contributed by atoms with Crippen molar-refractivity contribution in [3.05, 3.63) is 33.1 Å². The number of methoxy groups -OCH3 is 1. The van der Waals surface area contributed by atoms with E-state index in [0.29, 0.717) is 0 Å². The molecule has 0 saturated heterocycles. The molecule has 0 amide bonds. The van der Waals surface area contributed by atoms with Crippen LogP contribution in [-0.2, 0) is 12.8 Å². The molecule has 18 heavy (non-hydrogen) atoms. The van der Waals surface area contributed by atoms with Gasteiger partial charge in [-0.1, -0.05) is 46.7 Å². The van der Waals surface area contributed by atoms with Crippen LogP contribution >= 0.6 is 32.9 Å². The van der Waals surface area contributed by atoms with Crippen molar-refractivity contribution in [3.8, 4) is 16.2 Å². The van der Waals surface area contributed by atoms with Crippen molar-refractivity contribution in [2.45, 2.75) is 26.7 Å². The quantitative estimate of drug-likeness (QED) is 0.556. The van der Waals surface area contributed by atoms with E-state index in [1.54, 1.807) is 27.8 Å². The van der Waals surface area contributed by atoms with E-state index in [-0.39, 0.29) is 0 Å². The molecule has 0 N–H and O–H groups in total. The Hall–Kier alpha value is -0.710. The van der Waals surface area contributed by atoms with Gasteiger partial charge in [0.15, 0.2) is 0 Å². The van der Waals surface area contributed by atoms with Gasteiger partial charge in [-0.2, -0.15) is 0 Å². The Balaban J connectivity index is 2.59. The number of rotatable bonds is 4. The van der Waals surface area contributed by atoms with E-state index in [1.165, 1.54) is 21.6 Å². The monoisotopic (exact) mass is 296 g/mol. The molecule has 2 aromatic rings. The molecule has 1 nitrogen and oxygen atoms in total. The van der Waals surface area contributed by atoms with Gasteiger partial charge in [-0.25, -0.2) is 0 Å². The minimum Gasteiger partial charge on any atom is -0.496 e. The van der Waals surface area contributed by atoms with E-state index in [1.807, 2.05) is 0 Å². The average Bonchev–Trinajstić information content (AvgIpc) is 2.83. The molecule has 0 bridgehead atoms. The minimum absolute atomic E-state index is 0.960. The molecule has 0 radical (unpaired) electrons. The van der Waals surface area contributed by atoms with Crippen LogP contribution in [0.2, 0.25) is 0 Å². The van der Waals surface area contributed by atoms with Crippen LogP contribution in [0.25, 0.3) is 10.4 Å². The first-order chi connectivity index (χ1) is 8.69. The van der Waals surface area contributed by atoms with Gasteiger partial charge < -0.3 is 4.74 Å². The number of benzene rings is 1. The number of ether oxygens (including phenoxy) is 1. The highest BCUT2D eigenvalue weighted by Crippen LogP contribution is 2.35. The zero-order valence-electron chi connectivity index (χ0n) is 10.8. The second kappa shape index (κ2) is 5.95. The largest absolute Gasteiger partial charge is 0.496 e. The Morgan fingerprint density at radius 3 is 2.06 bits per heavy atom. The van der Waals surface area contributed by atoms with Crippen LogP contribution in [0.4, 0.5) is 0 Å². The van der Waals surface area contributed by atoms with Crippen molar-refractivity contribution in [1.29, 1.82) is 0 Å². The van der Waals surface area contributed by atoms with Gasteiger partial charge in [0, 0.05) is 4.88 Å². The molecular weight excluding hydrogens is 280 g/mol. The lowest BCUT2D eigenvalue weighted by molar-refractivity contribution is 0.405. The van der Waals surface area contributed by atoms with Gasteiger partial charge in [-0.05, 0) is 47.7 Å². The molecule has 0 spiro atoms. The lowest BCUT2D eigenvalue weighted by atomic mass is 10.00. The summed E-state index contributed by atoms with van der Waals surface area (Å²) in [5.41, 5.74) is 3.81. The zero-order chi connectivity index (χ0) is 13.1. The van der Waals surface area contributed by atoms with E-state index < -0.39 is 0 Å². The number of hydrogen-bond donors (Lipinski definition) is 0. The third-order valence-electron chi connectivity index (χ3n) is 2.96. The molecule has 0 fully saturated rings. The van der Waals surface area contributed by atoms with Crippen LogP contribution in [-0.4, -0.2) is 7.11 Å². The summed E-state index contributed by atoms with van der Waals surface area (Å²) >= 11 is 5.21. The van der Waals surface area contributed by atoms with E-state index in [0.717, 1.165) is 22.4 Å². The van der Waals surface area contributed by atoms with Crippen LogP contribution in [0.15, 0.2) is 18.2 Å². The molecule has 0 aliphatic heterocycles. The van der Waals surface area contributed by atoms with E-state index in [2.05, 4.69) is 32.0 Å². The van der Waals surface area contributed by atoms with Gasteiger partial charge in [0.25, 0.3) is 0 Å². The zero-order valence-corrected chi connectivity index (χ0v) is 13.2. The van der Waals surface area contributed by atoms with E-state index >= 15 is 0 Å². The molecule has 0 aliphatic carbocycles. The molecular formula is C14H16OS3. The predicted octanol–water partition coefficient (Wildman–Crippen LogP) is 5.34. The molecule has 4 heteroatoms. The van der Waals surface area contributed by atoms with Crippen LogP contribution in [0.5, 0.6) is 5.75 Å². The van der Waals surface area contributed by atoms with E-state index in [9.17, 15) is 0 Å². The number of hydrogen-bond acceptors (Lipinski definition) is 4.